The van der Waals surface area contributed by atoms with Crippen LogP contribution >= 0.6 is 24.0 Å². The molecule has 182 valence electrons. The Morgan fingerprint density at radius 3 is 2.28 bits per heavy atom. The number of guanidine groups is 1. The van der Waals surface area contributed by atoms with Crippen LogP contribution in [0.2, 0.25) is 0 Å². The predicted octanol–water partition coefficient (Wildman–Crippen LogP) is 2.54. The second-order valence-corrected chi connectivity index (χ2v) is 8.34. The van der Waals surface area contributed by atoms with Gasteiger partial charge in [-0.1, -0.05) is 0 Å². The van der Waals surface area contributed by atoms with Gasteiger partial charge in [0.15, 0.2) is 5.96 Å². The maximum absolute atomic E-state index is 11.7. The van der Waals surface area contributed by atoms with E-state index in [4.69, 9.17) is 14.2 Å². The minimum Gasteiger partial charge on any atom is -0.497 e. The minimum atomic E-state index is -0.498. The molecule has 0 bridgehead atoms. The molecule has 1 amide bonds. The highest BCUT2D eigenvalue weighted by atomic mass is 127. The summed E-state index contributed by atoms with van der Waals surface area (Å²) in [5, 5.41) is 6.05. The molecule has 1 aromatic rings. The average molecular weight is 563 g/mol. The number of halogens is 1. The van der Waals surface area contributed by atoms with Gasteiger partial charge in [-0.25, -0.2) is 4.79 Å². The third-order valence-electron chi connectivity index (χ3n) is 4.84. The second-order valence-electron chi connectivity index (χ2n) is 8.34. The summed E-state index contributed by atoms with van der Waals surface area (Å²) in [6.07, 6.45) is -0.411. The van der Waals surface area contributed by atoms with Crippen molar-refractivity contribution < 1.29 is 19.0 Å². The lowest BCUT2D eigenvalue weighted by Crippen LogP contribution is -2.53. The van der Waals surface area contributed by atoms with Crippen LogP contribution in [0.3, 0.4) is 0 Å². The fourth-order valence-electron chi connectivity index (χ4n) is 3.35. The molecule has 1 aliphatic heterocycles. The molecule has 0 unspecified atom stereocenters. The van der Waals surface area contributed by atoms with Gasteiger partial charge in [0.2, 0.25) is 0 Å². The number of rotatable bonds is 7. The van der Waals surface area contributed by atoms with Crippen molar-refractivity contribution in [2.24, 2.45) is 4.99 Å². The Morgan fingerprint density at radius 2 is 1.72 bits per heavy atom. The average Bonchev–Trinajstić information content (AvgIpc) is 2.73. The lowest BCUT2D eigenvalue weighted by molar-refractivity contribution is 0.0528. The molecule has 0 atom stereocenters. The number of benzene rings is 1. The Hall–Kier alpha value is -1.95. The summed E-state index contributed by atoms with van der Waals surface area (Å²) in [5.74, 6) is 2.54. The van der Waals surface area contributed by atoms with Gasteiger partial charge < -0.3 is 29.7 Å². The van der Waals surface area contributed by atoms with Crippen molar-refractivity contribution in [1.82, 2.24) is 20.4 Å². The van der Waals surface area contributed by atoms with Crippen LogP contribution in [0.1, 0.15) is 26.3 Å². The standard InChI is InChI=1S/C22H37N5O4.HI/c1-22(2,3)31-21(28)25-10-9-24-20(23-4)27-13-11-26(12-14-27)16-17-15-18(29-5)7-8-19(17)30-6;/h7-8,15H,9-14,16H2,1-6H3,(H,23,24)(H,25,28);1H. The summed E-state index contributed by atoms with van der Waals surface area (Å²) in [4.78, 5) is 20.7. The highest BCUT2D eigenvalue weighted by Gasteiger charge is 2.21. The highest BCUT2D eigenvalue weighted by Crippen LogP contribution is 2.25. The minimum absolute atomic E-state index is 0. The highest BCUT2D eigenvalue weighted by molar-refractivity contribution is 14.0. The molecular weight excluding hydrogens is 525 g/mol. The number of hydrogen-bond acceptors (Lipinski definition) is 6. The zero-order valence-electron chi connectivity index (χ0n) is 20.1. The van der Waals surface area contributed by atoms with Crippen LogP contribution in [0.5, 0.6) is 11.5 Å². The molecule has 1 heterocycles. The molecule has 1 saturated heterocycles. The number of nitrogens with zero attached hydrogens (tertiary/aromatic N) is 3. The summed E-state index contributed by atoms with van der Waals surface area (Å²) in [5.41, 5.74) is 0.619. The smallest absolute Gasteiger partial charge is 0.407 e. The third-order valence-corrected chi connectivity index (χ3v) is 4.84. The van der Waals surface area contributed by atoms with Crippen molar-refractivity contribution in [2.45, 2.75) is 32.9 Å². The maximum atomic E-state index is 11.7. The molecule has 0 aliphatic carbocycles. The molecule has 2 rings (SSSR count). The summed E-state index contributed by atoms with van der Waals surface area (Å²) in [6.45, 7) is 10.9. The Bertz CT molecular complexity index is 746. The van der Waals surface area contributed by atoms with Gasteiger partial charge in [-0.15, -0.1) is 24.0 Å². The summed E-state index contributed by atoms with van der Waals surface area (Å²) in [6, 6.07) is 5.89. The molecule has 0 aromatic heterocycles. The van der Waals surface area contributed by atoms with E-state index < -0.39 is 11.7 Å². The number of methoxy groups -OCH3 is 2. The Morgan fingerprint density at radius 1 is 1.06 bits per heavy atom. The molecule has 1 aromatic carbocycles. The first-order valence-corrected chi connectivity index (χ1v) is 10.6. The molecule has 0 spiro atoms. The number of alkyl carbamates (subject to hydrolysis) is 1. The summed E-state index contributed by atoms with van der Waals surface area (Å²) < 4.78 is 16.1. The van der Waals surface area contributed by atoms with E-state index in [1.54, 1.807) is 21.3 Å². The van der Waals surface area contributed by atoms with Crippen LogP contribution in [0.15, 0.2) is 23.2 Å². The van der Waals surface area contributed by atoms with Crippen molar-refractivity contribution in [3.05, 3.63) is 23.8 Å². The van der Waals surface area contributed by atoms with Crippen molar-refractivity contribution in [1.29, 1.82) is 0 Å². The van der Waals surface area contributed by atoms with Crippen molar-refractivity contribution >= 4 is 36.0 Å². The SMILES string of the molecule is CN=C(NCCNC(=O)OC(C)(C)C)N1CCN(Cc2cc(OC)ccc2OC)CC1.I. The molecule has 32 heavy (non-hydrogen) atoms. The van der Waals surface area contributed by atoms with Crippen molar-refractivity contribution in [3.8, 4) is 11.5 Å². The van der Waals surface area contributed by atoms with E-state index in [0.717, 1.165) is 55.7 Å². The van der Waals surface area contributed by atoms with Gasteiger partial charge in [-0.2, -0.15) is 0 Å². The molecule has 1 fully saturated rings. The number of aliphatic imine (C=N–C) groups is 1. The number of carbonyl (C=O) groups excluding carboxylic acids is 1. The van der Waals surface area contributed by atoms with Gasteiger partial charge in [-0.05, 0) is 39.0 Å². The fourth-order valence-corrected chi connectivity index (χ4v) is 3.35. The van der Waals surface area contributed by atoms with Gasteiger partial charge in [0.05, 0.1) is 14.2 Å². The molecule has 1 aliphatic rings. The van der Waals surface area contributed by atoms with E-state index in [9.17, 15) is 4.79 Å². The maximum Gasteiger partial charge on any atom is 0.407 e. The first kappa shape index (κ1) is 28.1. The number of piperazine rings is 1. The number of hydrogen-bond donors (Lipinski definition) is 2. The van der Waals surface area contributed by atoms with Crippen molar-refractivity contribution in [3.63, 3.8) is 0 Å². The summed E-state index contributed by atoms with van der Waals surface area (Å²) in [7, 11) is 5.14. The largest absolute Gasteiger partial charge is 0.497 e. The van der Waals surface area contributed by atoms with Crippen LogP contribution < -0.4 is 20.1 Å². The van der Waals surface area contributed by atoms with E-state index in [1.165, 1.54) is 0 Å². The van der Waals surface area contributed by atoms with E-state index in [1.807, 2.05) is 39.0 Å². The Labute approximate surface area is 208 Å². The van der Waals surface area contributed by atoms with E-state index in [2.05, 4.69) is 25.4 Å². The van der Waals surface area contributed by atoms with Crippen LogP contribution in [-0.4, -0.2) is 88.0 Å². The lowest BCUT2D eigenvalue weighted by Gasteiger charge is -2.36. The second kappa shape index (κ2) is 13.6. The molecule has 0 radical (unpaired) electrons. The monoisotopic (exact) mass is 563 g/mol. The van der Waals surface area contributed by atoms with Crippen LogP contribution in [0, 0.1) is 0 Å². The third kappa shape index (κ3) is 9.27. The lowest BCUT2D eigenvalue weighted by atomic mass is 10.1. The van der Waals surface area contributed by atoms with E-state index in [0.29, 0.717) is 13.1 Å². The quantitative estimate of drug-likeness (QED) is 0.228. The number of ether oxygens (including phenoxy) is 3. The molecule has 0 saturated carbocycles. The Balaban J connectivity index is 0.00000512. The van der Waals surface area contributed by atoms with Gasteiger partial charge in [-0.3, -0.25) is 9.89 Å². The first-order chi connectivity index (χ1) is 14.8. The van der Waals surface area contributed by atoms with Crippen LogP contribution in [0.4, 0.5) is 4.79 Å². The predicted molar refractivity (Wildman–Crippen MR) is 137 cm³/mol. The van der Waals surface area contributed by atoms with Gasteiger partial charge >= 0.3 is 6.09 Å². The number of carbonyl (C=O) groups is 1. The molecule has 2 N–H and O–H groups in total. The first-order valence-electron chi connectivity index (χ1n) is 10.6. The normalized spacial score (nSPS) is 14.9. The number of nitrogens with one attached hydrogen (secondary N) is 2. The van der Waals surface area contributed by atoms with Gasteiger partial charge in [0.1, 0.15) is 17.1 Å². The van der Waals surface area contributed by atoms with E-state index in [-0.39, 0.29) is 24.0 Å². The zero-order valence-corrected chi connectivity index (χ0v) is 22.4. The molecule has 9 nitrogen and oxygen atoms in total. The molecular formula is C22H38IN5O4. The van der Waals surface area contributed by atoms with Gasteiger partial charge in [0, 0.05) is 58.4 Å². The summed E-state index contributed by atoms with van der Waals surface area (Å²) >= 11 is 0. The fraction of sp³-hybridized carbons (Fsp3) is 0.636. The van der Waals surface area contributed by atoms with Gasteiger partial charge in [0.25, 0.3) is 0 Å². The van der Waals surface area contributed by atoms with Crippen LogP contribution in [-0.2, 0) is 11.3 Å². The van der Waals surface area contributed by atoms with Crippen molar-refractivity contribution in [2.75, 3.05) is 60.5 Å². The topological polar surface area (TPSA) is 87.7 Å². The zero-order chi connectivity index (χ0) is 22.9. The molecule has 10 heteroatoms. The Kier molecular flexibility index (Phi) is 11.9. The van der Waals surface area contributed by atoms with E-state index >= 15 is 0 Å². The number of amides is 1. The van der Waals surface area contributed by atoms with Crippen LogP contribution in [0.25, 0.3) is 0 Å².